The Bertz CT molecular complexity index is 860. The van der Waals surface area contributed by atoms with Gasteiger partial charge >= 0.3 is 0 Å². The SMILES string of the molecule is COc1ccc(/C=C/CN(C)Cc2cccc3cc[nH]c23)c(F)c1.Cl. The van der Waals surface area contributed by atoms with E-state index < -0.39 is 0 Å². The van der Waals surface area contributed by atoms with Gasteiger partial charge in [-0.1, -0.05) is 30.4 Å². The van der Waals surface area contributed by atoms with Crippen LogP contribution in [-0.2, 0) is 6.54 Å². The molecule has 0 aliphatic rings. The number of benzene rings is 2. The van der Waals surface area contributed by atoms with Crippen LogP contribution in [-0.4, -0.2) is 30.6 Å². The number of nitrogens with one attached hydrogen (secondary N) is 1. The largest absolute Gasteiger partial charge is 0.497 e. The maximum atomic E-state index is 13.9. The van der Waals surface area contributed by atoms with E-state index in [2.05, 4.69) is 41.2 Å². The molecule has 25 heavy (non-hydrogen) atoms. The van der Waals surface area contributed by atoms with Crippen LogP contribution in [0.2, 0.25) is 0 Å². The van der Waals surface area contributed by atoms with Crippen LogP contribution >= 0.6 is 12.4 Å². The Balaban J connectivity index is 0.00000225. The molecule has 1 aromatic heterocycles. The molecule has 5 heteroatoms. The summed E-state index contributed by atoms with van der Waals surface area (Å²) >= 11 is 0. The summed E-state index contributed by atoms with van der Waals surface area (Å²) < 4.78 is 18.9. The molecule has 1 heterocycles. The average molecular weight is 361 g/mol. The van der Waals surface area contributed by atoms with Crippen LogP contribution in [0.25, 0.3) is 17.0 Å². The van der Waals surface area contributed by atoms with Crippen molar-refractivity contribution < 1.29 is 9.13 Å². The number of hydrogen-bond donors (Lipinski definition) is 1. The van der Waals surface area contributed by atoms with E-state index in [1.54, 1.807) is 18.2 Å². The summed E-state index contributed by atoms with van der Waals surface area (Å²) in [4.78, 5) is 5.48. The van der Waals surface area contributed by atoms with E-state index in [-0.39, 0.29) is 18.2 Å². The lowest BCUT2D eigenvalue weighted by atomic mass is 10.1. The van der Waals surface area contributed by atoms with Crippen LogP contribution in [0.4, 0.5) is 4.39 Å². The predicted octanol–water partition coefficient (Wildman–Crippen LogP) is 4.88. The Morgan fingerprint density at radius 3 is 2.80 bits per heavy atom. The number of fused-ring (bicyclic) bond motifs is 1. The monoisotopic (exact) mass is 360 g/mol. The molecule has 0 saturated heterocycles. The summed E-state index contributed by atoms with van der Waals surface area (Å²) in [6, 6.07) is 13.3. The third-order valence-electron chi connectivity index (χ3n) is 4.04. The van der Waals surface area contributed by atoms with Gasteiger partial charge in [-0.05, 0) is 36.2 Å². The van der Waals surface area contributed by atoms with Gasteiger partial charge in [0, 0.05) is 36.4 Å². The molecule has 3 aromatic rings. The number of methoxy groups -OCH3 is 1. The quantitative estimate of drug-likeness (QED) is 0.678. The first-order chi connectivity index (χ1) is 11.7. The number of H-pyrrole nitrogens is 1. The Morgan fingerprint density at radius 2 is 2.04 bits per heavy atom. The summed E-state index contributed by atoms with van der Waals surface area (Å²) in [5.41, 5.74) is 2.99. The van der Waals surface area contributed by atoms with Crippen molar-refractivity contribution in [2.24, 2.45) is 0 Å². The van der Waals surface area contributed by atoms with Crippen molar-refractivity contribution in [1.29, 1.82) is 0 Å². The Hall–Kier alpha value is -2.30. The summed E-state index contributed by atoms with van der Waals surface area (Å²) in [6.45, 7) is 1.57. The molecule has 0 bridgehead atoms. The molecule has 0 amide bonds. The number of likely N-dealkylation sites (N-methyl/N-ethyl adjacent to an activating group) is 1. The molecule has 132 valence electrons. The second kappa shape index (κ2) is 8.70. The molecule has 0 radical (unpaired) electrons. The number of aromatic amines is 1. The number of aromatic nitrogens is 1. The summed E-state index contributed by atoms with van der Waals surface area (Å²) in [6.07, 6.45) is 5.74. The molecule has 0 unspecified atom stereocenters. The molecule has 0 aliphatic heterocycles. The predicted molar refractivity (Wildman–Crippen MR) is 104 cm³/mol. The number of para-hydroxylation sites is 1. The maximum absolute atomic E-state index is 13.9. The molecule has 0 spiro atoms. The molecule has 0 aliphatic carbocycles. The van der Waals surface area contributed by atoms with Gasteiger partial charge in [0.25, 0.3) is 0 Å². The van der Waals surface area contributed by atoms with Gasteiger partial charge in [0.2, 0.25) is 0 Å². The minimum Gasteiger partial charge on any atom is -0.497 e. The Kier molecular flexibility index (Phi) is 6.62. The molecule has 1 N–H and O–H groups in total. The number of nitrogens with zero attached hydrogens (tertiary/aromatic N) is 1. The van der Waals surface area contributed by atoms with E-state index in [0.717, 1.165) is 13.1 Å². The zero-order valence-corrected chi connectivity index (χ0v) is 15.1. The van der Waals surface area contributed by atoms with Crippen LogP contribution in [0.5, 0.6) is 5.75 Å². The van der Waals surface area contributed by atoms with Crippen molar-refractivity contribution in [2.45, 2.75) is 6.54 Å². The van der Waals surface area contributed by atoms with Gasteiger partial charge < -0.3 is 9.72 Å². The van der Waals surface area contributed by atoms with Crippen LogP contribution < -0.4 is 4.74 Å². The number of hydrogen-bond acceptors (Lipinski definition) is 2. The van der Waals surface area contributed by atoms with Gasteiger partial charge in [-0.2, -0.15) is 0 Å². The van der Waals surface area contributed by atoms with E-state index in [0.29, 0.717) is 11.3 Å². The topological polar surface area (TPSA) is 28.3 Å². The second-order valence-electron chi connectivity index (χ2n) is 5.85. The molecular formula is C20H22ClFN2O. The second-order valence-corrected chi connectivity index (χ2v) is 5.85. The normalized spacial score (nSPS) is 11.2. The van der Waals surface area contributed by atoms with Crippen LogP contribution in [0.1, 0.15) is 11.1 Å². The zero-order chi connectivity index (χ0) is 16.9. The lowest BCUT2D eigenvalue weighted by Crippen LogP contribution is -2.17. The average Bonchev–Trinajstić information content (AvgIpc) is 3.06. The van der Waals surface area contributed by atoms with Gasteiger partial charge in [-0.15, -0.1) is 12.4 Å². The van der Waals surface area contributed by atoms with E-state index in [4.69, 9.17) is 4.74 Å². The Morgan fingerprint density at radius 1 is 1.20 bits per heavy atom. The Labute approximate surface area is 153 Å². The third-order valence-corrected chi connectivity index (χ3v) is 4.04. The van der Waals surface area contributed by atoms with Gasteiger partial charge in [-0.3, -0.25) is 4.90 Å². The fourth-order valence-corrected chi connectivity index (χ4v) is 2.77. The summed E-state index contributed by atoms with van der Waals surface area (Å²) in [5.74, 6) is 0.255. The van der Waals surface area contributed by atoms with Crippen molar-refractivity contribution in [1.82, 2.24) is 9.88 Å². The van der Waals surface area contributed by atoms with Crippen molar-refractivity contribution in [3.05, 3.63) is 71.7 Å². The van der Waals surface area contributed by atoms with Gasteiger partial charge in [-0.25, -0.2) is 4.39 Å². The minimum atomic E-state index is -0.274. The highest BCUT2D eigenvalue weighted by atomic mass is 35.5. The van der Waals surface area contributed by atoms with Crippen LogP contribution in [0.15, 0.2) is 54.7 Å². The fourth-order valence-electron chi connectivity index (χ4n) is 2.77. The fraction of sp³-hybridized carbons (Fsp3) is 0.200. The third kappa shape index (κ3) is 4.62. The highest BCUT2D eigenvalue weighted by Crippen LogP contribution is 2.19. The van der Waals surface area contributed by atoms with Gasteiger partial charge in [0.15, 0.2) is 0 Å². The van der Waals surface area contributed by atoms with E-state index in [1.807, 2.05) is 12.3 Å². The molecule has 0 saturated carbocycles. The molecule has 2 aromatic carbocycles. The minimum absolute atomic E-state index is 0. The van der Waals surface area contributed by atoms with Crippen LogP contribution in [0, 0.1) is 5.82 Å². The number of ether oxygens (including phenoxy) is 1. The smallest absolute Gasteiger partial charge is 0.134 e. The molecule has 3 nitrogen and oxygen atoms in total. The maximum Gasteiger partial charge on any atom is 0.134 e. The molecule has 0 fully saturated rings. The van der Waals surface area contributed by atoms with Crippen molar-refractivity contribution in [3.63, 3.8) is 0 Å². The zero-order valence-electron chi connectivity index (χ0n) is 14.3. The summed E-state index contributed by atoms with van der Waals surface area (Å²) in [5, 5.41) is 1.22. The first-order valence-electron chi connectivity index (χ1n) is 7.91. The van der Waals surface area contributed by atoms with Gasteiger partial charge in [0.05, 0.1) is 7.11 Å². The highest BCUT2D eigenvalue weighted by Gasteiger charge is 2.05. The van der Waals surface area contributed by atoms with E-state index >= 15 is 0 Å². The van der Waals surface area contributed by atoms with Crippen molar-refractivity contribution in [2.75, 3.05) is 20.7 Å². The highest BCUT2D eigenvalue weighted by molar-refractivity contribution is 5.85. The summed E-state index contributed by atoms with van der Waals surface area (Å²) in [7, 11) is 3.58. The van der Waals surface area contributed by atoms with Crippen molar-refractivity contribution in [3.8, 4) is 5.75 Å². The van der Waals surface area contributed by atoms with Crippen molar-refractivity contribution >= 4 is 29.4 Å². The molecule has 3 rings (SSSR count). The standard InChI is InChI=1S/C20H21FN2O.ClH/c1-23(14-17-6-3-5-16-10-11-22-20(16)17)12-4-7-15-8-9-18(24-2)13-19(15)21;/h3-11,13,22H,12,14H2,1-2H3;1H/b7-4+;. The number of rotatable bonds is 6. The van der Waals surface area contributed by atoms with E-state index in [1.165, 1.54) is 29.6 Å². The molecule has 0 atom stereocenters. The van der Waals surface area contributed by atoms with Gasteiger partial charge in [0.1, 0.15) is 11.6 Å². The number of halogens is 2. The first kappa shape index (κ1) is 19.0. The lowest BCUT2D eigenvalue weighted by molar-refractivity contribution is 0.365. The van der Waals surface area contributed by atoms with E-state index in [9.17, 15) is 4.39 Å². The van der Waals surface area contributed by atoms with Crippen LogP contribution in [0.3, 0.4) is 0 Å². The first-order valence-corrected chi connectivity index (χ1v) is 7.91. The lowest BCUT2D eigenvalue weighted by Gasteiger charge is -2.15. The molecular weight excluding hydrogens is 339 g/mol.